The third-order valence-electron chi connectivity index (χ3n) is 3.48. The van der Waals surface area contributed by atoms with E-state index < -0.39 is 0 Å². The zero-order chi connectivity index (χ0) is 12.7. The number of thiophene rings is 1. The number of hydrogen-bond acceptors (Lipinski definition) is 2. The van der Waals surface area contributed by atoms with Crippen LogP contribution in [-0.2, 0) is 0 Å². The van der Waals surface area contributed by atoms with E-state index in [9.17, 15) is 0 Å². The highest BCUT2D eigenvalue weighted by atomic mass is 35.5. The van der Waals surface area contributed by atoms with Crippen molar-refractivity contribution in [1.82, 2.24) is 9.78 Å². The first-order valence-corrected chi connectivity index (χ1v) is 7.56. The molecule has 95 valence electrons. The lowest BCUT2D eigenvalue weighted by Gasteiger charge is -2.07. The molecule has 1 saturated carbocycles. The molecule has 0 aliphatic heterocycles. The second kappa shape index (κ2) is 4.71. The van der Waals surface area contributed by atoms with Gasteiger partial charge in [-0.1, -0.05) is 18.5 Å². The molecule has 0 aromatic carbocycles. The van der Waals surface area contributed by atoms with Gasteiger partial charge in [0.15, 0.2) is 0 Å². The van der Waals surface area contributed by atoms with Crippen LogP contribution in [0.25, 0.3) is 10.6 Å². The van der Waals surface area contributed by atoms with Crippen molar-refractivity contribution in [2.24, 2.45) is 0 Å². The van der Waals surface area contributed by atoms with E-state index in [0.29, 0.717) is 12.0 Å². The fourth-order valence-corrected chi connectivity index (χ4v) is 3.09. The van der Waals surface area contributed by atoms with Gasteiger partial charge in [-0.25, -0.2) is 0 Å². The molecular formula is C14H16ClN2S. The molecule has 2 nitrogen and oxygen atoms in total. The first-order valence-electron chi connectivity index (χ1n) is 6.37. The molecule has 2 atom stereocenters. The lowest BCUT2D eigenvalue weighted by Crippen LogP contribution is -2.03. The zero-order valence-electron chi connectivity index (χ0n) is 10.6. The maximum absolute atomic E-state index is 6.03. The van der Waals surface area contributed by atoms with Crippen LogP contribution in [0.5, 0.6) is 0 Å². The monoisotopic (exact) mass is 279 g/mol. The average molecular weight is 280 g/mol. The molecule has 18 heavy (non-hydrogen) atoms. The second-order valence-electron chi connectivity index (χ2n) is 4.85. The van der Waals surface area contributed by atoms with Crippen molar-refractivity contribution in [3.05, 3.63) is 34.7 Å². The molecule has 2 aromatic heterocycles. The molecule has 0 amide bonds. The van der Waals surface area contributed by atoms with Crippen LogP contribution in [0.3, 0.4) is 0 Å². The molecule has 1 fully saturated rings. The Morgan fingerprint density at radius 1 is 1.56 bits per heavy atom. The van der Waals surface area contributed by atoms with Gasteiger partial charge in [-0.2, -0.15) is 5.10 Å². The van der Waals surface area contributed by atoms with Gasteiger partial charge in [-0.05, 0) is 44.2 Å². The van der Waals surface area contributed by atoms with E-state index in [1.807, 2.05) is 6.07 Å². The smallest absolute Gasteiger partial charge is 0.106 e. The van der Waals surface area contributed by atoms with Gasteiger partial charge < -0.3 is 0 Å². The largest absolute Gasteiger partial charge is 0.269 e. The predicted molar refractivity (Wildman–Crippen MR) is 77.2 cm³/mol. The number of halogens is 1. The summed E-state index contributed by atoms with van der Waals surface area (Å²) in [7, 11) is 0. The molecule has 3 rings (SSSR count). The normalized spacial score (nSPS) is 17.1. The molecule has 0 spiro atoms. The van der Waals surface area contributed by atoms with Crippen LogP contribution in [0.4, 0.5) is 0 Å². The number of rotatable bonds is 4. The van der Waals surface area contributed by atoms with Gasteiger partial charge in [0.2, 0.25) is 0 Å². The first kappa shape index (κ1) is 12.2. The van der Waals surface area contributed by atoms with E-state index >= 15 is 0 Å². The zero-order valence-corrected chi connectivity index (χ0v) is 12.1. The molecule has 1 aliphatic rings. The van der Waals surface area contributed by atoms with Crippen LogP contribution in [-0.4, -0.2) is 9.78 Å². The quantitative estimate of drug-likeness (QED) is 0.776. The summed E-state index contributed by atoms with van der Waals surface area (Å²) in [4.78, 5) is 1.18. The third-order valence-corrected chi connectivity index (χ3v) is 4.72. The first-order chi connectivity index (χ1) is 8.69. The van der Waals surface area contributed by atoms with Gasteiger partial charge in [-0.3, -0.25) is 4.68 Å². The lowest BCUT2D eigenvalue weighted by molar-refractivity contribution is 0.479. The summed E-state index contributed by atoms with van der Waals surface area (Å²) >= 11 is 7.64. The summed E-state index contributed by atoms with van der Waals surface area (Å²) in [6, 6.07) is 4.47. The molecule has 1 radical (unpaired) electrons. The molecule has 2 heterocycles. The Morgan fingerprint density at radius 3 is 2.89 bits per heavy atom. The SMILES string of the molecule is CCC(C)n1cc(C2[CH]C2)c(-c2ccc(Cl)s2)n1. The van der Waals surface area contributed by atoms with Crippen LogP contribution < -0.4 is 0 Å². The number of aromatic nitrogens is 2. The van der Waals surface area contributed by atoms with Crippen molar-refractivity contribution in [3.63, 3.8) is 0 Å². The van der Waals surface area contributed by atoms with Crippen molar-refractivity contribution in [1.29, 1.82) is 0 Å². The summed E-state index contributed by atoms with van der Waals surface area (Å²) in [6.07, 6.45) is 6.82. The molecule has 2 unspecified atom stereocenters. The van der Waals surface area contributed by atoms with Crippen LogP contribution in [0.1, 0.15) is 44.2 Å². The summed E-state index contributed by atoms with van der Waals surface area (Å²) in [5.41, 5.74) is 2.47. The van der Waals surface area contributed by atoms with E-state index in [-0.39, 0.29) is 0 Å². The van der Waals surface area contributed by atoms with E-state index in [1.165, 1.54) is 16.9 Å². The molecule has 0 bridgehead atoms. The summed E-state index contributed by atoms with van der Waals surface area (Å²) in [5, 5.41) is 4.77. The van der Waals surface area contributed by atoms with Crippen molar-refractivity contribution in [2.45, 2.75) is 38.6 Å². The van der Waals surface area contributed by atoms with Gasteiger partial charge in [0.1, 0.15) is 5.69 Å². The highest BCUT2D eigenvalue weighted by Crippen LogP contribution is 2.45. The van der Waals surface area contributed by atoms with Gasteiger partial charge in [-0.15, -0.1) is 11.3 Å². The van der Waals surface area contributed by atoms with Crippen molar-refractivity contribution >= 4 is 22.9 Å². The van der Waals surface area contributed by atoms with Crippen LogP contribution in [0.15, 0.2) is 18.3 Å². The van der Waals surface area contributed by atoms with Crippen molar-refractivity contribution in [2.75, 3.05) is 0 Å². The van der Waals surface area contributed by atoms with E-state index in [2.05, 4.69) is 37.2 Å². The predicted octanol–water partition coefficient (Wildman–Crippen LogP) is 4.93. The van der Waals surface area contributed by atoms with Crippen LogP contribution >= 0.6 is 22.9 Å². The topological polar surface area (TPSA) is 17.8 Å². The van der Waals surface area contributed by atoms with E-state index in [4.69, 9.17) is 16.7 Å². The number of nitrogens with zero attached hydrogens (tertiary/aromatic N) is 2. The lowest BCUT2D eigenvalue weighted by atomic mass is 10.1. The van der Waals surface area contributed by atoms with Gasteiger partial charge in [0.25, 0.3) is 0 Å². The van der Waals surface area contributed by atoms with E-state index in [0.717, 1.165) is 16.5 Å². The minimum atomic E-state index is 0.451. The summed E-state index contributed by atoms with van der Waals surface area (Å²) in [6.45, 7) is 4.40. The van der Waals surface area contributed by atoms with Crippen molar-refractivity contribution < 1.29 is 0 Å². The summed E-state index contributed by atoms with van der Waals surface area (Å²) < 4.78 is 2.93. The molecule has 4 heteroatoms. The Labute approximate surface area is 117 Å². The Bertz CT molecular complexity index is 554. The van der Waals surface area contributed by atoms with Crippen LogP contribution in [0, 0.1) is 6.42 Å². The minimum Gasteiger partial charge on any atom is -0.269 e. The van der Waals surface area contributed by atoms with Crippen molar-refractivity contribution in [3.8, 4) is 10.6 Å². The Balaban J connectivity index is 2.03. The highest BCUT2D eigenvalue weighted by Gasteiger charge is 2.30. The Kier molecular flexibility index (Phi) is 3.20. The molecule has 2 aromatic rings. The maximum atomic E-state index is 6.03. The summed E-state index contributed by atoms with van der Waals surface area (Å²) in [5.74, 6) is 0.596. The number of hydrogen-bond donors (Lipinski definition) is 0. The standard InChI is InChI=1S/C14H16ClN2S/c1-3-9(2)17-8-11(10-4-5-10)14(16-17)12-6-7-13(15)18-12/h4,6-10H,3,5H2,1-2H3. The Hall–Kier alpha value is -0.800. The third kappa shape index (κ3) is 2.21. The van der Waals surface area contributed by atoms with Crippen LogP contribution in [0.2, 0.25) is 4.34 Å². The molecular weight excluding hydrogens is 264 g/mol. The fraction of sp³-hybridized carbons (Fsp3) is 0.429. The molecule has 0 saturated heterocycles. The Morgan fingerprint density at radius 2 is 2.33 bits per heavy atom. The second-order valence-corrected chi connectivity index (χ2v) is 6.57. The molecule has 1 aliphatic carbocycles. The van der Waals surface area contributed by atoms with Gasteiger partial charge in [0.05, 0.1) is 9.21 Å². The van der Waals surface area contributed by atoms with E-state index in [1.54, 1.807) is 11.3 Å². The van der Waals surface area contributed by atoms with Gasteiger partial charge >= 0.3 is 0 Å². The molecule has 0 N–H and O–H groups in total. The highest BCUT2D eigenvalue weighted by molar-refractivity contribution is 7.19. The average Bonchev–Trinajstić information content (AvgIpc) is 2.97. The van der Waals surface area contributed by atoms with Gasteiger partial charge in [0, 0.05) is 17.8 Å². The fourth-order valence-electron chi connectivity index (χ4n) is 2.04. The maximum Gasteiger partial charge on any atom is 0.106 e. The minimum absolute atomic E-state index is 0.451.